The Morgan fingerprint density at radius 1 is 1.50 bits per heavy atom. The molecule has 16 heavy (non-hydrogen) atoms. The van der Waals surface area contributed by atoms with Crippen molar-refractivity contribution in [2.75, 3.05) is 24.6 Å². The molecule has 0 N–H and O–H groups in total. The second-order valence-corrected chi connectivity index (χ2v) is 3.29. The first-order chi connectivity index (χ1) is 7.83. The molecule has 80 valence electrons. The van der Waals surface area contributed by atoms with Gasteiger partial charge in [0.2, 0.25) is 5.95 Å². The average Bonchev–Trinajstić information content (AvgIpc) is 2.39. The summed E-state index contributed by atoms with van der Waals surface area (Å²) in [7, 11) is 0. The van der Waals surface area contributed by atoms with Crippen LogP contribution in [0.4, 0.5) is 5.95 Å². The highest BCUT2D eigenvalue weighted by atomic mass is 16.5. The van der Waals surface area contributed by atoms with E-state index in [1.807, 2.05) is 17.0 Å². The van der Waals surface area contributed by atoms with Crippen molar-refractivity contribution in [3.05, 3.63) is 18.0 Å². The number of morpholine rings is 1. The van der Waals surface area contributed by atoms with Crippen molar-refractivity contribution in [2.24, 2.45) is 0 Å². The number of ether oxygens (including phenoxy) is 1. The first-order valence-electron chi connectivity index (χ1n) is 4.83. The molecule has 0 spiro atoms. The molecule has 6 nitrogen and oxygen atoms in total. The molecule has 0 aromatic carbocycles. The van der Waals surface area contributed by atoms with E-state index in [1.165, 1.54) is 6.20 Å². The van der Waals surface area contributed by atoms with Crippen molar-refractivity contribution < 1.29 is 4.74 Å². The molecule has 2 rings (SSSR count). The molecule has 0 aliphatic carbocycles. The van der Waals surface area contributed by atoms with Crippen LogP contribution in [-0.2, 0) is 4.74 Å². The molecule has 1 aromatic heterocycles. The van der Waals surface area contributed by atoms with Gasteiger partial charge in [-0.05, 0) is 6.07 Å². The maximum absolute atomic E-state index is 8.76. The maximum atomic E-state index is 8.76. The lowest BCUT2D eigenvalue weighted by Crippen LogP contribution is -2.42. The summed E-state index contributed by atoms with van der Waals surface area (Å²) in [6.45, 7) is 1.54. The number of nitrogens with zero attached hydrogens (tertiary/aromatic N) is 5. The SMILES string of the molecule is N#Cc1ccnc(N2CCOC(C#N)C2)n1. The van der Waals surface area contributed by atoms with Gasteiger partial charge < -0.3 is 9.64 Å². The number of aromatic nitrogens is 2. The number of hydrogen-bond donors (Lipinski definition) is 0. The quantitative estimate of drug-likeness (QED) is 0.659. The number of anilines is 1. The van der Waals surface area contributed by atoms with Crippen LogP contribution in [0.15, 0.2) is 12.3 Å². The van der Waals surface area contributed by atoms with Crippen LogP contribution in [0.2, 0.25) is 0 Å². The molecule has 1 aliphatic heterocycles. The summed E-state index contributed by atoms with van der Waals surface area (Å²) < 4.78 is 5.21. The van der Waals surface area contributed by atoms with Gasteiger partial charge in [0.25, 0.3) is 0 Å². The molecule has 0 bridgehead atoms. The fraction of sp³-hybridized carbons (Fsp3) is 0.400. The summed E-state index contributed by atoms with van der Waals surface area (Å²) in [5, 5.41) is 17.5. The van der Waals surface area contributed by atoms with Crippen LogP contribution in [0.5, 0.6) is 0 Å². The molecule has 1 saturated heterocycles. The monoisotopic (exact) mass is 215 g/mol. The lowest BCUT2D eigenvalue weighted by molar-refractivity contribution is 0.0758. The third-order valence-corrected chi connectivity index (χ3v) is 2.25. The molecule has 1 aromatic rings. The molecule has 6 heteroatoms. The van der Waals surface area contributed by atoms with Crippen molar-refractivity contribution >= 4 is 5.95 Å². The first kappa shape index (κ1) is 10.3. The molecule has 1 fully saturated rings. The van der Waals surface area contributed by atoms with Crippen molar-refractivity contribution in [2.45, 2.75) is 6.10 Å². The standard InChI is InChI=1S/C10H9N5O/c11-5-8-1-2-13-10(14-8)15-3-4-16-9(6-12)7-15/h1-2,9H,3-4,7H2. The summed E-state index contributed by atoms with van der Waals surface area (Å²) in [4.78, 5) is 10.00. The molecule has 2 heterocycles. The van der Waals surface area contributed by atoms with E-state index in [0.29, 0.717) is 31.3 Å². The topological polar surface area (TPSA) is 85.8 Å². The van der Waals surface area contributed by atoms with E-state index < -0.39 is 6.10 Å². The van der Waals surface area contributed by atoms with Gasteiger partial charge in [-0.3, -0.25) is 0 Å². The summed E-state index contributed by atoms with van der Waals surface area (Å²) in [6.07, 6.45) is 1.08. The lowest BCUT2D eigenvalue weighted by atomic mass is 10.3. The molecule has 1 atom stereocenters. The predicted molar refractivity (Wildman–Crippen MR) is 54.3 cm³/mol. The summed E-state index contributed by atoms with van der Waals surface area (Å²) >= 11 is 0. The molecular formula is C10H9N5O. The van der Waals surface area contributed by atoms with Crippen molar-refractivity contribution in [3.63, 3.8) is 0 Å². The minimum absolute atomic E-state index is 0.324. The van der Waals surface area contributed by atoms with Crippen LogP contribution < -0.4 is 4.90 Å². The van der Waals surface area contributed by atoms with Crippen LogP contribution in [0.25, 0.3) is 0 Å². The summed E-state index contributed by atoms with van der Waals surface area (Å²) in [6, 6.07) is 5.55. The number of rotatable bonds is 1. The highest BCUT2D eigenvalue weighted by Crippen LogP contribution is 2.12. The molecule has 1 aliphatic rings. The van der Waals surface area contributed by atoms with Crippen molar-refractivity contribution in [1.82, 2.24) is 9.97 Å². The van der Waals surface area contributed by atoms with E-state index in [2.05, 4.69) is 9.97 Å². The van der Waals surface area contributed by atoms with Crippen LogP contribution in [0, 0.1) is 22.7 Å². The third kappa shape index (κ3) is 2.08. The Labute approximate surface area is 92.7 Å². The van der Waals surface area contributed by atoms with Gasteiger partial charge in [0.1, 0.15) is 11.8 Å². The van der Waals surface area contributed by atoms with Crippen LogP contribution in [-0.4, -0.2) is 35.8 Å². The van der Waals surface area contributed by atoms with Crippen molar-refractivity contribution in [1.29, 1.82) is 10.5 Å². The first-order valence-corrected chi connectivity index (χ1v) is 4.83. The Morgan fingerprint density at radius 2 is 2.38 bits per heavy atom. The summed E-state index contributed by atoms with van der Waals surface area (Å²) in [5.74, 6) is 0.475. The second-order valence-electron chi connectivity index (χ2n) is 3.29. The van der Waals surface area contributed by atoms with Crippen LogP contribution >= 0.6 is 0 Å². The normalized spacial score (nSPS) is 19.9. The zero-order valence-corrected chi connectivity index (χ0v) is 8.50. The zero-order valence-electron chi connectivity index (χ0n) is 8.50. The Morgan fingerprint density at radius 3 is 3.12 bits per heavy atom. The molecule has 0 radical (unpaired) electrons. The Kier molecular flexibility index (Phi) is 2.95. The number of hydrogen-bond acceptors (Lipinski definition) is 6. The number of nitriles is 2. The van der Waals surface area contributed by atoms with Crippen molar-refractivity contribution in [3.8, 4) is 12.1 Å². The summed E-state index contributed by atoms with van der Waals surface area (Å²) in [5.41, 5.74) is 0.324. The predicted octanol–water partition coefficient (Wildman–Crippen LogP) is 0.0771. The minimum atomic E-state index is -0.455. The van der Waals surface area contributed by atoms with E-state index in [9.17, 15) is 0 Å². The van der Waals surface area contributed by atoms with E-state index >= 15 is 0 Å². The van der Waals surface area contributed by atoms with E-state index in [1.54, 1.807) is 6.07 Å². The fourth-order valence-electron chi connectivity index (χ4n) is 1.47. The van der Waals surface area contributed by atoms with Gasteiger partial charge in [0.05, 0.1) is 19.2 Å². The molecule has 0 amide bonds. The molecule has 0 saturated carbocycles. The Bertz CT molecular complexity index is 461. The highest BCUT2D eigenvalue weighted by molar-refractivity contribution is 5.34. The minimum Gasteiger partial charge on any atom is -0.360 e. The Balaban J connectivity index is 2.18. The highest BCUT2D eigenvalue weighted by Gasteiger charge is 2.21. The van der Waals surface area contributed by atoms with Gasteiger partial charge in [-0.2, -0.15) is 10.5 Å². The largest absolute Gasteiger partial charge is 0.360 e. The van der Waals surface area contributed by atoms with Gasteiger partial charge in [0.15, 0.2) is 6.10 Å². The van der Waals surface area contributed by atoms with Crippen LogP contribution in [0.3, 0.4) is 0 Å². The smallest absolute Gasteiger partial charge is 0.226 e. The van der Waals surface area contributed by atoms with E-state index in [4.69, 9.17) is 15.3 Å². The zero-order chi connectivity index (χ0) is 11.4. The molecule has 1 unspecified atom stereocenters. The second kappa shape index (κ2) is 4.56. The van der Waals surface area contributed by atoms with E-state index in [0.717, 1.165) is 0 Å². The van der Waals surface area contributed by atoms with Crippen LogP contribution in [0.1, 0.15) is 5.69 Å². The lowest BCUT2D eigenvalue weighted by Gasteiger charge is -2.29. The van der Waals surface area contributed by atoms with E-state index in [-0.39, 0.29) is 0 Å². The average molecular weight is 215 g/mol. The van der Waals surface area contributed by atoms with Gasteiger partial charge >= 0.3 is 0 Å². The van der Waals surface area contributed by atoms with Gasteiger partial charge in [-0.25, -0.2) is 9.97 Å². The Hall–Kier alpha value is -2.18. The molecular weight excluding hydrogens is 206 g/mol. The van der Waals surface area contributed by atoms with Gasteiger partial charge in [-0.1, -0.05) is 0 Å². The third-order valence-electron chi connectivity index (χ3n) is 2.25. The fourth-order valence-corrected chi connectivity index (χ4v) is 1.47. The van der Waals surface area contributed by atoms with Gasteiger partial charge in [0, 0.05) is 12.7 Å². The van der Waals surface area contributed by atoms with Gasteiger partial charge in [-0.15, -0.1) is 0 Å². The maximum Gasteiger partial charge on any atom is 0.226 e.